The summed E-state index contributed by atoms with van der Waals surface area (Å²) < 4.78 is 0. The molecule has 3 unspecified atom stereocenters. The van der Waals surface area contributed by atoms with Crippen LogP contribution in [0.15, 0.2) is 0 Å². The van der Waals surface area contributed by atoms with Crippen LogP contribution in [0, 0.1) is 18.3 Å². The van der Waals surface area contributed by atoms with Crippen LogP contribution < -0.4 is 5.73 Å². The lowest BCUT2D eigenvalue weighted by Gasteiger charge is -2.34. The SMILES string of the molecule is C#CC(C)N(CC)C1CCCC1CN. The quantitative estimate of drug-likeness (QED) is 0.686. The van der Waals surface area contributed by atoms with E-state index >= 15 is 0 Å². The summed E-state index contributed by atoms with van der Waals surface area (Å²) in [6.45, 7) is 6.13. The number of hydrogen-bond acceptors (Lipinski definition) is 2. The van der Waals surface area contributed by atoms with Gasteiger partial charge in [-0.15, -0.1) is 6.42 Å². The molecule has 0 saturated heterocycles. The molecule has 2 N–H and O–H groups in total. The smallest absolute Gasteiger partial charge is 0.0685 e. The summed E-state index contributed by atoms with van der Waals surface area (Å²) in [5.41, 5.74) is 5.78. The Balaban J connectivity index is 2.64. The fourth-order valence-corrected chi connectivity index (χ4v) is 2.62. The normalized spacial score (nSPS) is 29.1. The molecule has 0 heterocycles. The highest BCUT2D eigenvalue weighted by Crippen LogP contribution is 2.30. The van der Waals surface area contributed by atoms with Crippen LogP contribution in [0.2, 0.25) is 0 Å². The number of rotatable bonds is 4. The molecule has 14 heavy (non-hydrogen) atoms. The molecule has 1 fully saturated rings. The van der Waals surface area contributed by atoms with Gasteiger partial charge in [0.2, 0.25) is 0 Å². The summed E-state index contributed by atoms with van der Waals surface area (Å²) in [7, 11) is 0. The molecule has 3 atom stereocenters. The molecule has 1 saturated carbocycles. The molecule has 0 spiro atoms. The van der Waals surface area contributed by atoms with Crippen LogP contribution in [0.1, 0.15) is 33.1 Å². The van der Waals surface area contributed by atoms with E-state index in [4.69, 9.17) is 12.2 Å². The average molecular weight is 194 g/mol. The van der Waals surface area contributed by atoms with Gasteiger partial charge in [0.25, 0.3) is 0 Å². The number of nitrogens with two attached hydrogens (primary N) is 1. The first-order valence-electron chi connectivity index (χ1n) is 5.66. The summed E-state index contributed by atoms with van der Waals surface area (Å²) in [5.74, 6) is 3.48. The van der Waals surface area contributed by atoms with Crippen molar-refractivity contribution in [1.82, 2.24) is 4.90 Å². The Hall–Kier alpha value is -0.520. The largest absolute Gasteiger partial charge is 0.330 e. The maximum atomic E-state index is 5.78. The Morgan fingerprint density at radius 3 is 2.79 bits per heavy atom. The van der Waals surface area contributed by atoms with E-state index in [0.29, 0.717) is 12.0 Å². The fraction of sp³-hybridized carbons (Fsp3) is 0.833. The molecule has 0 aliphatic heterocycles. The Bertz CT molecular complexity index is 207. The third kappa shape index (κ3) is 2.29. The molecular weight excluding hydrogens is 172 g/mol. The summed E-state index contributed by atoms with van der Waals surface area (Å²) in [6.07, 6.45) is 9.32. The van der Waals surface area contributed by atoms with E-state index in [2.05, 4.69) is 24.7 Å². The lowest BCUT2D eigenvalue weighted by molar-refractivity contribution is 0.150. The van der Waals surface area contributed by atoms with Gasteiger partial charge in [-0.1, -0.05) is 19.3 Å². The first kappa shape index (κ1) is 11.6. The Kier molecular flexibility index (Phi) is 4.44. The van der Waals surface area contributed by atoms with Gasteiger partial charge in [-0.3, -0.25) is 4.90 Å². The zero-order valence-electron chi connectivity index (χ0n) is 9.37. The van der Waals surface area contributed by atoms with E-state index in [9.17, 15) is 0 Å². The maximum Gasteiger partial charge on any atom is 0.0685 e. The van der Waals surface area contributed by atoms with Gasteiger partial charge in [0.05, 0.1) is 6.04 Å². The fourth-order valence-electron chi connectivity index (χ4n) is 2.62. The molecule has 0 amide bonds. The van der Waals surface area contributed by atoms with Crippen LogP contribution in [0.25, 0.3) is 0 Å². The molecule has 1 rings (SSSR count). The summed E-state index contributed by atoms with van der Waals surface area (Å²) in [4.78, 5) is 2.42. The van der Waals surface area contributed by atoms with Crippen molar-refractivity contribution in [3.05, 3.63) is 0 Å². The van der Waals surface area contributed by atoms with Crippen molar-refractivity contribution in [2.75, 3.05) is 13.1 Å². The average Bonchev–Trinajstić information content (AvgIpc) is 2.66. The van der Waals surface area contributed by atoms with Gasteiger partial charge in [0.15, 0.2) is 0 Å². The van der Waals surface area contributed by atoms with Crippen LogP contribution in [-0.2, 0) is 0 Å². The Morgan fingerprint density at radius 2 is 2.29 bits per heavy atom. The summed E-state index contributed by atoms with van der Waals surface area (Å²) in [6, 6.07) is 0.869. The summed E-state index contributed by atoms with van der Waals surface area (Å²) >= 11 is 0. The molecule has 0 radical (unpaired) electrons. The van der Waals surface area contributed by atoms with Crippen molar-refractivity contribution < 1.29 is 0 Å². The van der Waals surface area contributed by atoms with Crippen molar-refractivity contribution in [3.8, 4) is 12.3 Å². The lowest BCUT2D eigenvalue weighted by atomic mass is 10.0. The minimum Gasteiger partial charge on any atom is -0.330 e. The lowest BCUT2D eigenvalue weighted by Crippen LogP contribution is -2.44. The highest BCUT2D eigenvalue weighted by Gasteiger charge is 2.31. The van der Waals surface area contributed by atoms with Gasteiger partial charge in [0, 0.05) is 6.04 Å². The zero-order valence-corrected chi connectivity index (χ0v) is 9.37. The van der Waals surface area contributed by atoms with Crippen molar-refractivity contribution in [1.29, 1.82) is 0 Å². The standard InChI is InChI=1S/C12H22N2/c1-4-10(3)14(5-2)12-8-6-7-11(12)9-13/h1,10-12H,5-9,13H2,2-3H3. The number of terminal acetylenes is 1. The van der Waals surface area contributed by atoms with E-state index in [1.165, 1.54) is 19.3 Å². The monoisotopic (exact) mass is 194 g/mol. The van der Waals surface area contributed by atoms with Crippen LogP contribution >= 0.6 is 0 Å². The second-order valence-electron chi connectivity index (χ2n) is 4.17. The van der Waals surface area contributed by atoms with E-state index in [1.54, 1.807) is 0 Å². The Labute approximate surface area is 87.8 Å². The predicted molar refractivity (Wildman–Crippen MR) is 60.9 cm³/mol. The second kappa shape index (κ2) is 5.38. The van der Waals surface area contributed by atoms with Gasteiger partial charge in [-0.05, 0) is 38.8 Å². The van der Waals surface area contributed by atoms with Gasteiger partial charge in [-0.2, -0.15) is 0 Å². The van der Waals surface area contributed by atoms with Crippen molar-refractivity contribution in [3.63, 3.8) is 0 Å². The molecule has 0 bridgehead atoms. The second-order valence-corrected chi connectivity index (χ2v) is 4.17. The van der Waals surface area contributed by atoms with Gasteiger partial charge < -0.3 is 5.73 Å². The molecular formula is C12H22N2. The van der Waals surface area contributed by atoms with Crippen molar-refractivity contribution in [2.24, 2.45) is 11.7 Å². The Morgan fingerprint density at radius 1 is 1.57 bits per heavy atom. The molecule has 80 valence electrons. The minimum absolute atomic E-state index is 0.247. The highest BCUT2D eigenvalue weighted by molar-refractivity contribution is 5.00. The van der Waals surface area contributed by atoms with E-state index in [-0.39, 0.29) is 6.04 Å². The van der Waals surface area contributed by atoms with E-state index < -0.39 is 0 Å². The molecule has 0 aromatic carbocycles. The minimum atomic E-state index is 0.247. The molecule has 1 aliphatic rings. The molecule has 0 aromatic rings. The van der Waals surface area contributed by atoms with Crippen molar-refractivity contribution in [2.45, 2.75) is 45.2 Å². The topological polar surface area (TPSA) is 29.3 Å². The van der Waals surface area contributed by atoms with Crippen LogP contribution in [0.5, 0.6) is 0 Å². The predicted octanol–water partition coefficient (Wildman–Crippen LogP) is 1.46. The van der Waals surface area contributed by atoms with Crippen LogP contribution in [-0.4, -0.2) is 30.1 Å². The number of hydrogen-bond donors (Lipinski definition) is 1. The maximum absolute atomic E-state index is 5.78. The highest BCUT2D eigenvalue weighted by atomic mass is 15.2. The third-order valence-electron chi connectivity index (χ3n) is 3.45. The van der Waals surface area contributed by atoms with Crippen molar-refractivity contribution >= 4 is 0 Å². The van der Waals surface area contributed by atoms with Crippen LogP contribution in [0.3, 0.4) is 0 Å². The molecule has 2 nitrogen and oxygen atoms in total. The van der Waals surface area contributed by atoms with Gasteiger partial charge in [-0.25, -0.2) is 0 Å². The molecule has 0 aromatic heterocycles. The van der Waals surface area contributed by atoms with E-state index in [1.807, 2.05) is 0 Å². The molecule has 2 heteroatoms. The molecule has 1 aliphatic carbocycles. The zero-order chi connectivity index (χ0) is 10.6. The van der Waals surface area contributed by atoms with E-state index in [0.717, 1.165) is 13.1 Å². The van der Waals surface area contributed by atoms with Crippen LogP contribution in [0.4, 0.5) is 0 Å². The van der Waals surface area contributed by atoms with Gasteiger partial charge in [0.1, 0.15) is 0 Å². The number of nitrogens with zero attached hydrogens (tertiary/aromatic N) is 1. The van der Waals surface area contributed by atoms with Gasteiger partial charge >= 0.3 is 0 Å². The third-order valence-corrected chi connectivity index (χ3v) is 3.45. The first-order valence-corrected chi connectivity index (χ1v) is 5.66. The summed E-state index contributed by atoms with van der Waals surface area (Å²) in [5, 5.41) is 0. The first-order chi connectivity index (χ1) is 6.74.